The van der Waals surface area contributed by atoms with E-state index in [-0.39, 0.29) is 5.91 Å². The summed E-state index contributed by atoms with van der Waals surface area (Å²) in [5, 5.41) is 5.32. The third-order valence-electron chi connectivity index (χ3n) is 4.27. The van der Waals surface area contributed by atoms with Crippen molar-refractivity contribution < 1.29 is 9.53 Å². The second-order valence-electron chi connectivity index (χ2n) is 6.60. The maximum atomic E-state index is 12.1. The summed E-state index contributed by atoms with van der Waals surface area (Å²) >= 11 is 11.7. The molecule has 0 radical (unpaired) electrons. The smallest absolute Gasteiger partial charge is 0.271 e. The van der Waals surface area contributed by atoms with Crippen LogP contribution in [0.25, 0.3) is 0 Å². The Bertz CT molecular complexity index is 1010. The fraction of sp³-hybridized carbons (Fsp3) is 0.130. The molecule has 148 valence electrons. The van der Waals surface area contributed by atoms with E-state index >= 15 is 0 Å². The van der Waals surface area contributed by atoms with Crippen LogP contribution in [0.4, 0.5) is 0 Å². The molecule has 1 N–H and O–H groups in total. The van der Waals surface area contributed by atoms with Crippen molar-refractivity contribution in [2.45, 2.75) is 20.5 Å². The highest BCUT2D eigenvalue weighted by Gasteiger charge is 2.07. The average molecular weight is 427 g/mol. The van der Waals surface area contributed by atoms with Crippen LogP contribution in [0.3, 0.4) is 0 Å². The number of aryl methyl sites for hydroxylation is 2. The Morgan fingerprint density at radius 1 is 0.966 bits per heavy atom. The van der Waals surface area contributed by atoms with Crippen LogP contribution in [0.5, 0.6) is 5.75 Å². The number of carbonyl (C=O) groups is 1. The molecule has 1 amide bonds. The molecule has 0 aliphatic rings. The van der Waals surface area contributed by atoms with Crippen molar-refractivity contribution in [1.82, 2.24) is 5.43 Å². The van der Waals surface area contributed by atoms with Gasteiger partial charge in [-0.05, 0) is 84.6 Å². The van der Waals surface area contributed by atoms with Crippen LogP contribution in [-0.4, -0.2) is 12.1 Å². The van der Waals surface area contributed by atoms with Gasteiger partial charge in [-0.3, -0.25) is 4.79 Å². The summed E-state index contributed by atoms with van der Waals surface area (Å²) in [6.45, 7) is 4.42. The summed E-state index contributed by atoms with van der Waals surface area (Å²) in [6.07, 6.45) is 1.61. The van der Waals surface area contributed by atoms with E-state index in [1.165, 1.54) is 0 Å². The van der Waals surface area contributed by atoms with Crippen LogP contribution < -0.4 is 10.2 Å². The van der Waals surface area contributed by atoms with Crippen molar-refractivity contribution in [2.24, 2.45) is 5.10 Å². The number of rotatable bonds is 6. The molecule has 3 rings (SSSR count). The highest BCUT2D eigenvalue weighted by atomic mass is 35.5. The lowest BCUT2D eigenvalue weighted by atomic mass is 10.1. The molecule has 6 heteroatoms. The summed E-state index contributed by atoms with van der Waals surface area (Å²) in [5.74, 6) is 0.538. The van der Waals surface area contributed by atoms with Crippen LogP contribution in [0.2, 0.25) is 10.0 Å². The molecular weight excluding hydrogens is 407 g/mol. The lowest BCUT2D eigenvalue weighted by Gasteiger charge is -2.13. The molecule has 0 spiro atoms. The second-order valence-corrected chi connectivity index (χ2v) is 7.48. The number of hydrazone groups is 1. The number of halogens is 2. The van der Waals surface area contributed by atoms with Gasteiger partial charge >= 0.3 is 0 Å². The number of nitrogens with zero attached hydrogens (tertiary/aromatic N) is 1. The van der Waals surface area contributed by atoms with Crippen LogP contribution in [0.15, 0.2) is 65.8 Å². The van der Waals surface area contributed by atoms with Crippen molar-refractivity contribution in [2.75, 3.05) is 0 Å². The first-order chi connectivity index (χ1) is 13.9. The van der Waals surface area contributed by atoms with Gasteiger partial charge in [0, 0.05) is 15.6 Å². The summed E-state index contributed by atoms with van der Waals surface area (Å²) < 4.78 is 5.99. The monoisotopic (exact) mass is 426 g/mol. The molecule has 0 heterocycles. The van der Waals surface area contributed by atoms with Gasteiger partial charge in [0.2, 0.25) is 0 Å². The van der Waals surface area contributed by atoms with Crippen molar-refractivity contribution in [3.63, 3.8) is 0 Å². The van der Waals surface area contributed by atoms with E-state index in [2.05, 4.69) is 10.5 Å². The van der Waals surface area contributed by atoms with E-state index in [0.717, 1.165) is 28.0 Å². The van der Waals surface area contributed by atoms with Gasteiger partial charge in [-0.25, -0.2) is 5.43 Å². The van der Waals surface area contributed by atoms with Gasteiger partial charge in [0.15, 0.2) is 0 Å². The van der Waals surface area contributed by atoms with E-state index < -0.39 is 0 Å². The van der Waals surface area contributed by atoms with Crippen LogP contribution in [-0.2, 0) is 6.61 Å². The summed E-state index contributed by atoms with van der Waals surface area (Å²) in [5.41, 5.74) is 6.90. The second kappa shape index (κ2) is 9.59. The van der Waals surface area contributed by atoms with Gasteiger partial charge in [0.25, 0.3) is 5.91 Å². The first kappa shape index (κ1) is 20.9. The van der Waals surface area contributed by atoms with Gasteiger partial charge in [-0.2, -0.15) is 5.10 Å². The molecule has 3 aromatic rings. The molecule has 3 aromatic carbocycles. The molecule has 0 atom stereocenters. The zero-order valence-corrected chi connectivity index (χ0v) is 17.6. The van der Waals surface area contributed by atoms with Crippen LogP contribution in [0.1, 0.15) is 32.6 Å². The van der Waals surface area contributed by atoms with Crippen molar-refractivity contribution in [3.05, 3.63) is 98.5 Å². The first-order valence-corrected chi connectivity index (χ1v) is 9.75. The van der Waals surface area contributed by atoms with Gasteiger partial charge in [0.1, 0.15) is 12.4 Å². The van der Waals surface area contributed by atoms with Crippen molar-refractivity contribution in [3.8, 4) is 5.75 Å². The van der Waals surface area contributed by atoms with Gasteiger partial charge in [-0.15, -0.1) is 0 Å². The quantitative estimate of drug-likeness (QED) is 0.390. The van der Waals surface area contributed by atoms with Crippen molar-refractivity contribution in [1.29, 1.82) is 0 Å². The minimum Gasteiger partial charge on any atom is -0.488 e. The molecule has 0 saturated carbocycles. The third-order valence-corrected chi connectivity index (χ3v) is 4.77. The highest BCUT2D eigenvalue weighted by Crippen LogP contribution is 2.25. The van der Waals surface area contributed by atoms with Gasteiger partial charge in [-0.1, -0.05) is 35.3 Å². The molecule has 4 nitrogen and oxygen atoms in total. The summed E-state index contributed by atoms with van der Waals surface area (Å²) in [4.78, 5) is 12.1. The minimum atomic E-state index is -0.297. The zero-order chi connectivity index (χ0) is 20.8. The Hall–Kier alpha value is -2.82. The molecule has 0 aliphatic heterocycles. The number of hydrogen-bond acceptors (Lipinski definition) is 3. The lowest BCUT2D eigenvalue weighted by molar-refractivity contribution is 0.0955. The molecule has 0 unspecified atom stereocenters. The largest absolute Gasteiger partial charge is 0.488 e. The van der Waals surface area contributed by atoms with E-state index in [4.69, 9.17) is 27.9 Å². The molecule has 0 aromatic heterocycles. The Kier molecular flexibility index (Phi) is 6.91. The Balaban J connectivity index is 1.63. The molecule has 0 saturated heterocycles. The normalized spacial score (nSPS) is 10.9. The standard InChI is InChI=1S/C23H20Cl2N2O2/c1-15-11-18(13-26-27-23(28)19-5-9-21(25)10-6-19)12-16(2)22(15)29-14-17-3-7-20(24)8-4-17/h3-13H,14H2,1-2H3,(H,27,28)/b26-13-. The van der Waals surface area contributed by atoms with E-state index in [1.807, 2.05) is 50.2 Å². The molecule has 0 aliphatic carbocycles. The Morgan fingerprint density at radius 3 is 2.10 bits per heavy atom. The number of hydrogen-bond donors (Lipinski definition) is 1. The minimum absolute atomic E-state index is 0.297. The van der Waals surface area contributed by atoms with E-state index in [0.29, 0.717) is 22.2 Å². The van der Waals surface area contributed by atoms with Gasteiger partial charge in [0.05, 0.1) is 6.21 Å². The predicted molar refractivity (Wildman–Crippen MR) is 118 cm³/mol. The molecule has 0 fully saturated rings. The Labute approximate surface area is 180 Å². The van der Waals surface area contributed by atoms with Crippen LogP contribution in [0, 0.1) is 13.8 Å². The first-order valence-electron chi connectivity index (χ1n) is 9.00. The topological polar surface area (TPSA) is 50.7 Å². The Morgan fingerprint density at radius 2 is 1.52 bits per heavy atom. The summed E-state index contributed by atoms with van der Waals surface area (Å²) in [6, 6.07) is 18.1. The zero-order valence-electron chi connectivity index (χ0n) is 16.1. The molecular formula is C23H20Cl2N2O2. The predicted octanol–water partition coefficient (Wildman–Crippen LogP) is 5.95. The number of carbonyl (C=O) groups excluding carboxylic acids is 1. The maximum Gasteiger partial charge on any atom is 0.271 e. The number of ether oxygens (including phenoxy) is 1. The fourth-order valence-corrected chi connectivity index (χ4v) is 3.11. The average Bonchev–Trinajstić information content (AvgIpc) is 2.69. The third kappa shape index (κ3) is 5.83. The van der Waals surface area contributed by atoms with E-state index in [1.54, 1.807) is 30.5 Å². The molecule has 29 heavy (non-hydrogen) atoms. The summed E-state index contributed by atoms with van der Waals surface area (Å²) in [7, 11) is 0. The SMILES string of the molecule is Cc1cc(/C=N\NC(=O)c2ccc(Cl)cc2)cc(C)c1OCc1ccc(Cl)cc1. The number of nitrogens with one attached hydrogen (secondary N) is 1. The lowest BCUT2D eigenvalue weighted by Crippen LogP contribution is -2.17. The molecule has 0 bridgehead atoms. The van der Waals surface area contributed by atoms with Gasteiger partial charge < -0.3 is 4.74 Å². The fourth-order valence-electron chi connectivity index (χ4n) is 2.85. The maximum absolute atomic E-state index is 12.1. The number of benzene rings is 3. The number of amides is 1. The highest BCUT2D eigenvalue weighted by molar-refractivity contribution is 6.30. The van der Waals surface area contributed by atoms with Crippen LogP contribution >= 0.6 is 23.2 Å². The van der Waals surface area contributed by atoms with Crippen molar-refractivity contribution >= 4 is 35.3 Å². The van der Waals surface area contributed by atoms with E-state index in [9.17, 15) is 4.79 Å².